The molecule has 0 aliphatic carbocycles. The van der Waals surface area contributed by atoms with Gasteiger partial charge < -0.3 is 14.4 Å². The van der Waals surface area contributed by atoms with Gasteiger partial charge in [0.1, 0.15) is 11.4 Å². The molecule has 0 saturated carbocycles. The van der Waals surface area contributed by atoms with Crippen molar-refractivity contribution in [3.8, 4) is 5.75 Å². The molecule has 1 aliphatic heterocycles. The average Bonchev–Trinajstić information content (AvgIpc) is 3.01. The van der Waals surface area contributed by atoms with Crippen LogP contribution >= 0.6 is 22.9 Å². The van der Waals surface area contributed by atoms with Crippen LogP contribution in [0.1, 0.15) is 31.3 Å². The summed E-state index contributed by atoms with van der Waals surface area (Å²) in [6.45, 7) is 6.36. The van der Waals surface area contributed by atoms with Crippen molar-refractivity contribution in [1.82, 2.24) is 9.88 Å². The Balaban J connectivity index is 1.54. The van der Waals surface area contributed by atoms with Crippen molar-refractivity contribution in [3.63, 3.8) is 0 Å². The van der Waals surface area contributed by atoms with Gasteiger partial charge in [0.05, 0.1) is 12.2 Å². The number of thiazole rings is 1. The van der Waals surface area contributed by atoms with Crippen LogP contribution in [0.15, 0.2) is 24.3 Å². The number of anilines is 1. The maximum absolute atomic E-state index is 12.2. The summed E-state index contributed by atoms with van der Waals surface area (Å²) >= 11 is 7.18. The van der Waals surface area contributed by atoms with Crippen LogP contribution in [-0.2, 0) is 22.5 Å². The summed E-state index contributed by atoms with van der Waals surface area (Å²) in [4.78, 5) is 31.4. The van der Waals surface area contributed by atoms with E-state index in [0.29, 0.717) is 35.4 Å². The maximum atomic E-state index is 12.2. The third-order valence-corrected chi connectivity index (χ3v) is 5.06. The lowest BCUT2D eigenvalue weighted by Gasteiger charge is -2.29. The van der Waals surface area contributed by atoms with Crippen molar-refractivity contribution >= 4 is 40.1 Å². The minimum atomic E-state index is -0.533. The number of ether oxygens (including phenoxy) is 2. The molecule has 2 amide bonds. The fraction of sp³-hybridized carbons (Fsp3) is 0.421. The molecule has 0 fully saturated rings. The van der Waals surface area contributed by atoms with E-state index in [1.54, 1.807) is 29.2 Å². The van der Waals surface area contributed by atoms with Gasteiger partial charge >= 0.3 is 6.09 Å². The molecule has 0 radical (unpaired) electrons. The summed E-state index contributed by atoms with van der Waals surface area (Å²) in [7, 11) is 0. The van der Waals surface area contributed by atoms with Gasteiger partial charge in [-0.05, 0) is 45.0 Å². The summed E-state index contributed by atoms with van der Waals surface area (Å²) in [5.74, 6) is 0.260. The molecular weight excluding hydrogens is 402 g/mol. The Morgan fingerprint density at radius 1 is 1.29 bits per heavy atom. The lowest BCUT2D eigenvalue weighted by atomic mass is 10.2. The zero-order valence-electron chi connectivity index (χ0n) is 16.0. The third-order valence-electron chi connectivity index (χ3n) is 3.81. The molecule has 0 spiro atoms. The minimum Gasteiger partial charge on any atom is -0.484 e. The fourth-order valence-electron chi connectivity index (χ4n) is 2.57. The SMILES string of the molecule is CC(C)(C)OC(=O)N1CCc2nc(NC(=O)COc3ccc(Cl)cc3)sc2C1. The number of hydrogen-bond acceptors (Lipinski definition) is 6. The first kappa shape index (κ1) is 20.4. The topological polar surface area (TPSA) is 80.8 Å². The number of aromatic nitrogens is 1. The normalized spacial score (nSPS) is 13.6. The predicted molar refractivity (Wildman–Crippen MR) is 108 cm³/mol. The number of rotatable bonds is 4. The standard InChI is InChI=1S/C19H22ClN3O4S/c1-19(2,3)27-18(25)23-9-8-14-15(10-23)28-17(21-14)22-16(24)11-26-13-6-4-12(20)5-7-13/h4-7H,8-11H2,1-3H3,(H,21,22,24). The molecular formula is C19H22ClN3O4S. The molecule has 2 heterocycles. The van der Waals surface area contributed by atoms with Crippen molar-refractivity contribution < 1.29 is 19.1 Å². The largest absolute Gasteiger partial charge is 0.484 e. The zero-order chi connectivity index (χ0) is 20.3. The lowest BCUT2D eigenvalue weighted by molar-refractivity contribution is -0.118. The Hall–Kier alpha value is -2.32. The zero-order valence-corrected chi connectivity index (χ0v) is 17.5. The number of benzene rings is 1. The van der Waals surface area contributed by atoms with Gasteiger partial charge in [0, 0.05) is 22.9 Å². The van der Waals surface area contributed by atoms with Gasteiger partial charge in [0.25, 0.3) is 5.91 Å². The van der Waals surface area contributed by atoms with E-state index in [2.05, 4.69) is 10.3 Å². The lowest BCUT2D eigenvalue weighted by Crippen LogP contribution is -2.39. The van der Waals surface area contributed by atoms with E-state index in [1.807, 2.05) is 20.8 Å². The second kappa shape index (κ2) is 8.36. The quantitative estimate of drug-likeness (QED) is 0.800. The monoisotopic (exact) mass is 423 g/mol. The summed E-state index contributed by atoms with van der Waals surface area (Å²) in [5.41, 5.74) is 0.368. The number of halogens is 1. The molecule has 1 aliphatic rings. The maximum Gasteiger partial charge on any atom is 0.410 e. The first-order valence-corrected chi connectivity index (χ1v) is 10.0. The van der Waals surface area contributed by atoms with E-state index in [1.165, 1.54) is 11.3 Å². The molecule has 150 valence electrons. The van der Waals surface area contributed by atoms with Crippen LogP contribution in [0.25, 0.3) is 0 Å². The summed E-state index contributed by atoms with van der Waals surface area (Å²) in [6.07, 6.45) is 0.288. The summed E-state index contributed by atoms with van der Waals surface area (Å²) < 4.78 is 10.9. The highest BCUT2D eigenvalue weighted by atomic mass is 35.5. The van der Waals surface area contributed by atoms with Crippen molar-refractivity contribution in [2.24, 2.45) is 0 Å². The molecule has 0 bridgehead atoms. The van der Waals surface area contributed by atoms with Crippen molar-refractivity contribution in [2.45, 2.75) is 39.3 Å². The van der Waals surface area contributed by atoms with E-state index >= 15 is 0 Å². The molecule has 2 aromatic rings. The van der Waals surface area contributed by atoms with Crippen LogP contribution in [-0.4, -0.2) is 40.6 Å². The van der Waals surface area contributed by atoms with Gasteiger partial charge in [-0.25, -0.2) is 9.78 Å². The highest BCUT2D eigenvalue weighted by molar-refractivity contribution is 7.15. The third kappa shape index (κ3) is 5.59. The van der Waals surface area contributed by atoms with Gasteiger partial charge in [-0.1, -0.05) is 22.9 Å². The number of fused-ring (bicyclic) bond motifs is 1. The average molecular weight is 424 g/mol. The van der Waals surface area contributed by atoms with Crippen molar-refractivity contribution in [1.29, 1.82) is 0 Å². The van der Waals surface area contributed by atoms with Crippen LogP contribution in [0.3, 0.4) is 0 Å². The van der Waals surface area contributed by atoms with E-state index < -0.39 is 5.60 Å². The number of nitrogens with zero attached hydrogens (tertiary/aromatic N) is 2. The molecule has 0 saturated heterocycles. The molecule has 1 aromatic carbocycles. The highest BCUT2D eigenvalue weighted by Crippen LogP contribution is 2.29. The van der Waals surface area contributed by atoms with Gasteiger partial charge in [-0.15, -0.1) is 0 Å². The van der Waals surface area contributed by atoms with Crippen LogP contribution < -0.4 is 10.1 Å². The first-order chi connectivity index (χ1) is 13.2. The van der Waals surface area contributed by atoms with Crippen LogP contribution in [0.2, 0.25) is 5.02 Å². The second-order valence-corrected chi connectivity index (χ2v) is 8.85. The number of amides is 2. The van der Waals surface area contributed by atoms with Crippen molar-refractivity contribution in [3.05, 3.63) is 39.9 Å². The number of carbonyl (C=O) groups is 2. The van der Waals surface area contributed by atoms with E-state index in [9.17, 15) is 9.59 Å². The second-order valence-electron chi connectivity index (χ2n) is 7.33. The molecule has 1 N–H and O–H groups in total. The number of hydrogen-bond donors (Lipinski definition) is 1. The smallest absolute Gasteiger partial charge is 0.410 e. The Morgan fingerprint density at radius 3 is 2.68 bits per heavy atom. The minimum absolute atomic E-state index is 0.129. The van der Waals surface area contributed by atoms with Gasteiger partial charge in [0.15, 0.2) is 11.7 Å². The van der Waals surface area contributed by atoms with Crippen LogP contribution in [0.4, 0.5) is 9.93 Å². The first-order valence-electron chi connectivity index (χ1n) is 8.84. The fourth-order valence-corrected chi connectivity index (χ4v) is 3.73. The van der Waals surface area contributed by atoms with Gasteiger partial charge in [-0.2, -0.15) is 0 Å². The summed E-state index contributed by atoms with van der Waals surface area (Å²) in [5, 5.41) is 3.85. The molecule has 0 unspecified atom stereocenters. The Bertz CT molecular complexity index is 861. The van der Waals surface area contributed by atoms with Gasteiger partial charge in [-0.3, -0.25) is 10.1 Å². The Labute approximate surface area is 172 Å². The van der Waals surface area contributed by atoms with Gasteiger partial charge in [0.2, 0.25) is 0 Å². The Kier molecular flexibility index (Phi) is 6.10. The molecule has 1 aromatic heterocycles. The van der Waals surface area contributed by atoms with E-state index in [-0.39, 0.29) is 18.6 Å². The highest BCUT2D eigenvalue weighted by Gasteiger charge is 2.28. The molecule has 3 rings (SSSR count). The van der Waals surface area contributed by atoms with Crippen molar-refractivity contribution in [2.75, 3.05) is 18.5 Å². The van der Waals surface area contributed by atoms with Crippen LogP contribution in [0, 0.1) is 0 Å². The number of nitrogens with one attached hydrogen (secondary N) is 1. The summed E-state index contributed by atoms with van der Waals surface area (Å²) in [6, 6.07) is 6.78. The number of carbonyl (C=O) groups excluding carboxylic acids is 2. The van der Waals surface area contributed by atoms with E-state index in [0.717, 1.165) is 10.6 Å². The Morgan fingerprint density at radius 2 is 2.00 bits per heavy atom. The molecule has 7 nitrogen and oxygen atoms in total. The van der Waals surface area contributed by atoms with E-state index in [4.69, 9.17) is 21.1 Å². The molecule has 9 heteroatoms. The predicted octanol–water partition coefficient (Wildman–Crippen LogP) is 4.11. The van der Waals surface area contributed by atoms with Crippen LogP contribution in [0.5, 0.6) is 5.75 Å². The molecule has 28 heavy (non-hydrogen) atoms. The molecule has 0 atom stereocenters.